The molecule has 3 aromatic rings. The Morgan fingerprint density at radius 3 is 2.55 bits per heavy atom. The molecule has 2 aromatic carbocycles. The first-order valence-electron chi connectivity index (χ1n) is 10.9. The highest BCUT2D eigenvalue weighted by atomic mass is 16.6. The van der Waals surface area contributed by atoms with Crippen LogP contribution < -0.4 is 14.4 Å². The average Bonchev–Trinajstić information content (AvgIpc) is 2.85. The van der Waals surface area contributed by atoms with Gasteiger partial charge in [0.15, 0.2) is 0 Å². The number of hydrogen-bond acceptors (Lipinski definition) is 8. The minimum Gasteiger partial charge on any atom is -0.497 e. The third-order valence-corrected chi connectivity index (χ3v) is 5.59. The van der Waals surface area contributed by atoms with Gasteiger partial charge in [0.05, 0.1) is 12.0 Å². The van der Waals surface area contributed by atoms with Crippen LogP contribution in [0.1, 0.15) is 13.3 Å². The van der Waals surface area contributed by atoms with E-state index < -0.39 is 4.92 Å². The van der Waals surface area contributed by atoms with E-state index in [1.165, 1.54) is 6.33 Å². The van der Waals surface area contributed by atoms with Crippen LogP contribution in [-0.2, 0) is 0 Å². The first kappa shape index (κ1) is 22.5. The van der Waals surface area contributed by atoms with Crippen LogP contribution in [0, 0.1) is 16.2 Å². The summed E-state index contributed by atoms with van der Waals surface area (Å²) >= 11 is 0. The number of benzene rings is 2. The van der Waals surface area contributed by atoms with Crippen molar-refractivity contribution in [1.29, 1.82) is 0 Å². The van der Waals surface area contributed by atoms with Crippen LogP contribution in [0.5, 0.6) is 17.4 Å². The minimum atomic E-state index is -0.472. The van der Waals surface area contributed by atoms with E-state index in [4.69, 9.17) is 9.47 Å². The zero-order valence-corrected chi connectivity index (χ0v) is 18.7. The molecule has 1 aromatic heterocycles. The van der Waals surface area contributed by atoms with Crippen LogP contribution >= 0.6 is 0 Å². The Balaban J connectivity index is 1.70. The Hall–Kier alpha value is -3.72. The van der Waals surface area contributed by atoms with E-state index >= 15 is 0 Å². The van der Waals surface area contributed by atoms with Crippen molar-refractivity contribution in [2.24, 2.45) is 0 Å². The van der Waals surface area contributed by atoms with Gasteiger partial charge in [-0.05, 0) is 36.7 Å². The van der Waals surface area contributed by atoms with Gasteiger partial charge in [-0.2, -0.15) is 4.98 Å². The molecule has 1 saturated heterocycles. The van der Waals surface area contributed by atoms with Crippen molar-refractivity contribution < 1.29 is 14.4 Å². The van der Waals surface area contributed by atoms with Gasteiger partial charge in [0.2, 0.25) is 5.82 Å². The van der Waals surface area contributed by atoms with Crippen molar-refractivity contribution in [3.8, 4) is 28.5 Å². The second-order valence-electron chi connectivity index (χ2n) is 7.69. The number of methoxy groups -OCH3 is 1. The Bertz CT molecular complexity index is 1100. The lowest BCUT2D eigenvalue weighted by atomic mass is 10.0. The molecule has 1 aliphatic rings. The maximum Gasteiger partial charge on any atom is 0.373 e. The van der Waals surface area contributed by atoms with Gasteiger partial charge < -0.3 is 14.4 Å². The van der Waals surface area contributed by atoms with E-state index in [2.05, 4.69) is 27.9 Å². The van der Waals surface area contributed by atoms with Crippen molar-refractivity contribution in [3.63, 3.8) is 0 Å². The largest absolute Gasteiger partial charge is 0.497 e. The van der Waals surface area contributed by atoms with E-state index in [9.17, 15) is 10.1 Å². The fourth-order valence-corrected chi connectivity index (χ4v) is 3.94. The number of nitrogens with zero attached hydrogens (tertiary/aromatic N) is 5. The highest BCUT2D eigenvalue weighted by Crippen LogP contribution is 2.40. The van der Waals surface area contributed by atoms with E-state index in [0.29, 0.717) is 24.6 Å². The van der Waals surface area contributed by atoms with Gasteiger partial charge in [-0.25, -0.2) is 4.98 Å². The summed E-state index contributed by atoms with van der Waals surface area (Å²) in [5, 5.41) is 12.1. The highest BCUT2D eigenvalue weighted by Gasteiger charge is 2.31. The monoisotopic (exact) mass is 448 g/mol. The summed E-state index contributed by atoms with van der Waals surface area (Å²) in [6, 6.07) is 15.7. The molecule has 1 fully saturated rings. The van der Waals surface area contributed by atoms with Gasteiger partial charge in [-0.1, -0.05) is 31.2 Å². The summed E-state index contributed by atoms with van der Waals surface area (Å²) in [5.41, 5.74) is 1.40. The lowest BCUT2D eigenvalue weighted by Gasteiger charge is -2.34. The van der Waals surface area contributed by atoms with Crippen molar-refractivity contribution in [2.45, 2.75) is 13.3 Å². The number of hydrogen-bond donors (Lipinski definition) is 0. The first-order chi connectivity index (χ1) is 16.1. The normalized spacial score (nSPS) is 14.2. The number of ether oxygens (including phenoxy) is 2. The second kappa shape index (κ2) is 10.3. The van der Waals surface area contributed by atoms with Gasteiger partial charge in [0.25, 0.3) is 0 Å². The molecular formula is C24H26N5O4. The zero-order chi connectivity index (χ0) is 23.2. The van der Waals surface area contributed by atoms with Gasteiger partial charge in [0, 0.05) is 37.8 Å². The molecular weight excluding hydrogens is 422 g/mol. The highest BCUT2D eigenvalue weighted by molar-refractivity contribution is 5.73. The molecule has 33 heavy (non-hydrogen) atoms. The van der Waals surface area contributed by atoms with Crippen LogP contribution in [0.2, 0.25) is 0 Å². The van der Waals surface area contributed by atoms with Crippen LogP contribution in [-0.4, -0.2) is 59.6 Å². The number of anilines is 1. The van der Waals surface area contributed by atoms with Crippen LogP contribution in [0.4, 0.5) is 11.5 Å². The average molecular weight is 449 g/mol. The molecule has 0 bridgehead atoms. The Morgan fingerprint density at radius 2 is 1.88 bits per heavy atom. The summed E-state index contributed by atoms with van der Waals surface area (Å²) < 4.78 is 11.4. The third kappa shape index (κ3) is 5.04. The Morgan fingerprint density at radius 1 is 1.12 bits per heavy atom. The molecule has 0 aliphatic carbocycles. The summed E-state index contributed by atoms with van der Waals surface area (Å²) in [4.78, 5) is 24.3. The van der Waals surface area contributed by atoms with E-state index in [-0.39, 0.29) is 17.4 Å². The molecule has 0 spiro atoms. The Kier molecular flexibility index (Phi) is 6.99. The third-order valence-electron chi connectivity index (χ3n) is 5.59. The minimum absolute atomic E-state index is 0.0991. The molecule has 9 nitrogen and oxygen atoms in total. The van der Waals surface area contributed by atoms with Crippen molar-refractivity contribution >= 4 is 11.5 Å². The molecule has 4 rings (SSSR count). The number of rotatable bonds is 8. The molecule has 0 saturated carbocycles. The van der Waals surface area contributed by atoms with E-state index in [1.807, 2.05) is 29.2 Å². The second-order valence-corrected chi connectivity index (χ2v) is 7.69. The number of piperazine rings is 1. The molecule has 2 heterocycles. The Labute approximate surface area is 192 Å². The van der Waals surface area contributed by atoms with Crippen molar-refractivity contribution in [2.75, 3.05) is 44.7 Å². The fraction of sp³-hybridized carbons (Fsp3) is 0.333. The predicted molar refractivity (Wildman–Crippen MR) is 125 cm³/mol. The van der Waals surface area contributed by atoms with Gasteiger partial charge in [0.1, 0.15) is 17.8 Å². The molecule has 0 unspecified atom stereocenters. The summed E-state index contributed by atoms with van der Waals surface area (Å²) in [5.74, 6) is 1.15. The molecule has 9 heteroatoms. The van der Waals surface area contributed by atoms with Crippen LogP contribution in [0.3, 0.4) is 0 Å². The number of aromatic nitrogens is 2. The van der Waals surface area contributed by atoms with Gasteiger partial charge >= 0.3 is 11.6 Å². The molecule has 1 aliphatic heterocycles. The van der Waals surface area contributed by atoms with Crippen molar-refractivity contribution in [3.05, 3.63) is 65.0 Å². The molecule has 1 radical (unpaired) electrons. The topological polar surface area (TPSA) is 93.9 Å². The maximum absolute atomic E-state index is 12.1. The summed E-state index contributed by atoms with van der Waals surface area (Å²) in [7, 11) is 1.56. The maximum atomic E-state index is 12.1. The lowest BCUT2D eigenvalue weighted by Crippen LogP contribution is -2.47. The smallest absolute Gasteiger partial charge is 0.373 e. The summed E-state index contributed by atoms with van der Waals surface area (Å²) in [6.07, 6.45) is 2.39. The lowest BCUT2D eigenvalue weighted by molar-refractivity contribution is -0.385. The van der Waals surface area contributed by atoms with Crippen molar-refractivity contribution in [1.82, 2.24) is 14.9 Å². The SMILES string of the molecule is CCCN1CCN(c2ncnc(Oc3cc(OC)ccc3-c3cc[c]cc3)c2[N+](=O)[O-])CC1. The van der Waals surface area contributed by atoms with Gasteiger partial charge in [-0.15, -0.1) is 0 Å². The fourth-order valence-electron chi connectivity index (χ4n) is 3.94. The quantitative estimate of drug-likeness (QED) is 0.374. The molecule has 0 N–H and O–H groups in total. The van der Waals surface area contributed by atoms with E-state index in [1.54, 1.807) is 25.3 Å². The molecule has 0 atom stereocenters. The molecule has 0 amide bonds. The zero-order valence-electron chi connectivity index (χ0n) is 18.7. The predicted octanol–water partition coefficient (Wildman–Crippen LogP) is 4.18. The standard InChI is InChI=1S/C24H26N5O4/c1-3-11-27-12-14-28(15-13-27)23-22(29(30)31)24(26-17-25-23)33-21-16-19(32-2)9-10-20(21)18-7-5-4-6-8-18/h5-10,16-17H,3,11-15H2,1-2H3. The van der Waals surface area contributed by atoms with Gasteiger partial charge in [-0.3, -0.25) is 15.0 Å². The van der Waals surface area contributed by atoms with Crippen LogP contribution in [0.25, 0.3) is 11.1 Å². The first-order valence-corrected chi connectivity index (χ1v) is 10.9. The van der Waals surface area contributed by atoms with E-state index in [0.717, 1.165) is 37.2 Å². The molecule has 171 valence electrons. The number of nitro groups is 1. The van der Waals surface area contributed by atoms with Crippen LogP contribution in [0.15, 0.2) is 48.8 Å². The summed E-state index contributed by atoms with van der Waals surface area (Å²) in [6.45, 7) is 6.13.